The Bertz CT molecular complexity index is 675. The molecule has 0 saturated heterocycles. The van der Waals surface area contributed by atoms with Crippen molar-refractivity contribution in [2.24, 2.45) is 5.92 Å². The van der Waals surface area contributed by atoms with E-state index in [1.165, 1.54) is 49.8 Å². The minimum absolute atomic E-state index is 0.134. The molecule has 2 aliphatic carbocycles. The van der Waals surface area contributed by atoms with Gasteiger partial charge in [0.25, 0.3) is 0 Å². The summed E-state index contributed by atoms with van der Waals surface area (Å²) in [5.74, 6) is 0.705. The minimum atomic E-state index is -0.134. The molecule has 2 aliphatic rings. The van der Waals surface area contributed by atoms with Crippen molar-refractivity contribution < 1.29 is 4.39 Å². The number of rotatable bonds is 2. The molecular formula is C19H25FN2. The van der Waals surface area contributed by atoms with Crippen LogP contribution in [0.1, 0.15) is 62.7 Å². The van der Waals surface area contributed by atoms with Crippen LogP contribution in [0.15, 0.2) is 18.2 Å². The number of benzene rings is 1. The third-order valence-corrected chi connectivity index (χ3v) is 5.54. The van der Waals surface area contributed by atoms with Gasteiger partial charge in [0.05, 0.1) is 0 Å². The van der Waals surface area contributed by atoms with Gasteiger partial charge in [0.2, 0.25) is 0 Å². The predicted molar refractivity (Wildman–Crippen MR) is 88.5 cm³/mol. The summed E-state index contributed by atoms with van der Waals surface area (Å²) in [4.78, 5) is 3.56. The van der Waals surface area contributed by atoms with Crippen molar-refractivity contribution in [2.45, 2.75) is 64.0 Å². The van der Waals surface area contributed by atoms with Gasteiger partial charge >= 0.3 is 0 Å². The highest BCUT2D eigenvalue weighted by Gasteiger charge is 2.28. The van der Waals surface area contributed by atoms with Crippen LogP contribution in [-0.4, -0.2) is 11.0 Å². The van der Waals surface area contributed by atoms with Crippen molar-refractivity contribution in [2.75, 3.05) is 0 Å². The van der Waals surface area contributed by atoms with Crippen molar-refractivity contribution in [1.82, 2.24) is 10.3 Å². The predicted octanol–water partition coefficient (Wildman–Crippen LogP) is 4.85. The standard InChI is InChI=1S/C19H25FN2/c1-12-4-2-5-14(10-12)21-18-7-3-6-15-16-11-13(20)8-9-17(16)22-19(15)18/h8-9,11-12,14,18,21-22H,2-7,10H2,1H3. The van der Waals surface area contributed by atoms with Crippen LogP contribution in [0.5, 0.6) is 0 Å². The van der Waals surface area contributed by atoms with Crippen LogP contribution >= 0.6 is 0 Å². The SMILES string of the molecule is CC1CCCC(NC2CCCc3c2[nH]c2ccc(F)cc32)C1. The van der Waals surface area contributed by atoms with Gasteiger partial charge in [-0.3, -0.25) is 0 Å². The number of nitrogens with one attached hydrogen (secondary N) is 2. The van der Waals surface area contributed by atoms with E-state index >= 15 is 0 Å². The molecule has 0 aliphatic heterocycles. The molecule has 1 heterocycles. The molecule has 4 rings (SSSR count). The lowest BCUT2D eigenvalue weighted by Gasteiger charge is -2.33. The molecule has 1 aromatic heterocycles. The van der Waals surface area contributed by atoms with Crippen LogP contribution in [-0.2, 0) is 6.42 Å². The first kappa shape index (κ1) is 14.3. The molecular weight excluding hydrogens is 275 g/mol. The molecule has 2 nitrogen and oxygen atoms in total. The lowest BCUT2D eigenvalue weighted by Crippen LogP contribution is -2.37. The molecule has 2 N–H and O–H groups in total. The lowest BCUT2D eigenvalue weighted by molar-refractivity contribution is 0.270. The molecule has 118 valence electrons. The Morgan fingerprint density at radius 1 is 1.18 bits per heavy atom. The third-order valence-electron chi connectivity index (χ3n) is 5.54. The van der Waals surface area contributed by atoms with Gasteiger partial charge in [-0.25, -0.2) is 4.39 Å². The summed E-state index contributed by atoms with van der Waals surface area (Å²) in [6.45, 7) is 2.37. The molecule has 3 atom stereocenters. The van der Waals surface area contributed by atoms with Crippen molar-refractivity contribution in [3.8, 4) is 0 Å². The van der Waals surface area contributed by atoms with Gasteiger partial charge in [0.1, 0.15) is 5.82 Å². The fourth-order valence-electron chi connectivity index (χ4n) is 4.47. The van der Waals surface area contributed by atoms with E-state index < -0.39 is 0 Å². The summed E-state index contributed by atoms with van der Waals surface area (Å²) in [7, 11) is 0. The van der Waals surface area contributed by atoms with E-state index in [0.29, 0.717) is 12.1 Å². The molecule has 1 fully saturated rings. The molecule has 0 radical (unpaired) electrons. The van der Waals surface area contributed by atoms with Gasteiger partial charge in [-0.1, -0.05) is 19.8 Å². The zero-order valence-electron chi connectivity index (χ0n) is 13.3. The van der Waals surface area contributed by atoms with Crippen molar-refractivity contribution in [3.05, 3.63) is 35.3 Å². The molecule has 2 aromatic rings. The normalized spacial score (nSPS) is 28.7. The van der Waals surface area contributed by atoms with E-state index in [0.717, 1.165) is 23.2 Å². The summed E-state index contributed by atoms with van der Waals surface area (Å²) in [6, 6.07) is 6.17. The summed E-state index contributed by atoms with van der Waals surface area (Å²) in [5, 5.41) is 4.98. The molecule has 3 unspecified atom stereocenters. The van der Waals surface area contributed by atoms with Crippen LogP contribution in [0.3, 0.4) is 0 Å². The Kier molecular flexibility index (Phi) is 3.69. The zero-order valence-corrected chi connectivity index (χ0v) is 13.3. The Hall–Kier alpha value is -1.35. The van der Waals surface area contributed by atoms with Crippen LogP contribution < -0.4 is 5.32 Å². The largest absolute Gasteiger partial charge is 0.357 e. The van der Waals surface area contributed by atoms with Gasteiger partial charge in [-0.2, -0.15) is 0 Å². The number of hydrogen-bond donors (Lipinski definition) is 2. The summed E-state index contributed by atoms with van der Waals surface area (Å²) in [5.41, 5.74) is 3.73. The fourth-order valence-corrected chi connectivity index (χ4v) is 4.47. The van der Waals surface area contributed by atoms with Crippen molar-refractivity contribution >= 4 is 10.9 Å². The van der Waals surface area contributed by atoms with E-state index in [1.807, 2.05) is 6.07 Å². The minimum Gasteiger partial charge on any atom is -0.357 e. The summed E-state index contributed by atoms with van der Waals surface area (Å²) in [6.07, 6.45) is 8.75. The van der Waals surface area contributed by atoms with Crippen LogP contribution in [0.2, 0.25) is 0 Å². The third kappa shape index (κ3) is 2.56. The quantitative estimate of drug-likeness (QED) is 0.815. The lowest BCUT2D eigenvalue weighted by atomic mass is 9.85. The first-order valence-corrected chi connectivity index (χ1v) is 8.77. The highest BCUT2D eigenvalue weighted by molar-refractivity contribution is 5.85. The van der Waals surface area contributed by atoms with Crippen LogP contribution in [0.25, 0.3) is 10.9 Å². The monoisotopic (exact) mass is 300 g/mol. The zero-order chi connectivity index (χ0) is 15.1. The average Bonchev–Trinajstić information content (AvgIpc) is 2.87. The topological polar surface area (TPSA) is 27.8 Å². The molecule has 3 heteroatoms. The van der Waals surface area contributed by atoms with E-state index in [4.69, 9.17) is 0 Å². The van der Waals surface area contributed by atoms with E-state index in [1.54, 1.807) is 12.1 Å². The van der Waals surface area contributed by atoms with Crippen LogP contribution in [0, 0.1) is 11.7 Å². The highest BCUT2D eigenvalue weighted by atomic mass is 19.1. The maximum Gasteiger partial charge on any atom is 0.123 e. The van der Waals surface area contributed by atoms with Gasteiger partial charge < -0.3 is 10.3 Å². The number of aromatic amines is 1. The van der Waals surface area contributed by atoms with E-state index in [-0.39, 0.29) is 5.82 Å². The first-order chi connectivity index (χ1) is 10.7. The molecule has 0 spiro atoms. The summed E-state index contributed by atoms with van der Waals surface area (Å²) >= 11 is 0. The van der Waals surface area contributed by atoms with Crippen molar-refractivity contribution in [1.29, 1.82) is 0 Å². The molecule has 0 bridgehead atoms. The molecule has 22 heavy (non-hydrogen) atoms. The van der Waals surface area contributed by atoms with Crippen molar-refractivity contribution in [3.63, 3.8) is 0 Å². The van der Waals surface area contributed by atoms with Gasteiger partial charge in [0.15, 0.2) is 0 Å². The smallest absolute Gasteiger partial charge is 0.123 e. The molecule has 1 saturated carbocycles. The first-order valence-electron chi connectivity index (χ1n) is 8.77. The fraction of sp³-hybridized carbons (Fsp3) is 0.579. The Balaban J connectivity index is 1.63. The number of hydrogen-bond acceptors (Lipinski definition) is 1. The maximum absolute atomic E-state index is 13.6. The highest BCUT2D eigenvalue weighted by Crippen LogP contribution is 2.36. The van der Waals surface area contributed by atoms with E-state index in [9.17, 15) is 4.39 Å². The molecule has 1 aromatic carbocycles. The Morgan fingerprint density at radius 2 is 2.09 bits per heavy atom. The van der Waals surface area contributed by atoms with E-state index in [2.05, 4.69) is 17.2 Å². The Labute approximate surface area is 131 Å². The number of aryl methyl sites for hydroxylation is 1. The number of fused-ring (bicyclic) bond motifs is 3. The second-order valence-electron chi connectivity index (χ2n) is 7.29. The van der Waals surface area contributed by atoms with Gasteiger partial charge in [0, 0.05) is 28.7 Å². The number of H-pyrrole nitrogens is 1. The van der Waals surface area contributed by atoms with Gasteiger partial charge in [-0.15, -0.1) is 0 Å². The van der Waals surface area contributed by atoms with Crippen LogP contribution in [0.4, 0.5) is 4.39 Å². The molecule has 0 amide bonds. The summed E-state index contributed by atoms with van der Waals surface area (Å²) < 4.78 is 13.6. The maximum atomic E-state index is 13.6. The Morgan fingerprint density at radius 3 is 2.95 bits per heavy atom. The average molecular weight is 300 g/mol. The number of halogens is 1. The second-order valence-corrected chi connectivity index (χ2v) is 7.29. The second kappa shape index (κ2) is 5.69. The number of aromatic nitrogens is 1. The van der Waals surface area contributed by atoms with Gasteiger partial charge in [-0.05, 0) is 61.8 Å².